The molecule has 21 heavy (non-hydrogen) atoms. The molecule has 0 aliphatic heterocycles. The molecular weight excluding hydrogens is 266 g/mol. The molecule has 0 atom stereocenters. The van der Waals surface area contributed by atoms with Gasteiger partial charge >= 0.3 is 0 Å². The molecule has 0 bridgehead atoms. The average molecular weight is 283 g/mol. The fourth-order valence-corrected chi connectivity index (χ4v) is 2.49. The Morgan fingerprint density at radius 3 is 2.76 bits per heavy atom. The van der Waals surface area contributed by atoms with Crippen molar-refractivity contribution in [2.75, 3.05) is 0 Å². The van der Waals surface area contributed by atoms with E-state index in [1.807, 2.05) is 37.3 Å². The lowest BCUT2D eigenvalue weighted by atomic mass is 10.1. The minimum atomic E-state index is 0.0133. The summed E-state index contributed by atoms with van der Waals surface area (Å²) < 4.78 is 5.83. The van der Waals surface area contributed by atoms with Gasteiger partial charge in [0.2, 0.25) is 5.88 Å². The molecule has 5 nitrogen and oxygen atoms in total. The fourth-order valence-electron chi connectivity index (χ4n) is 2.49. The first-order chi connectivity index (χ1) is 10.2. The van der Waals surface area contributed by atoms with E-state index in [1.54, 1.807) is 0 Å². The van der Waals surface area contributed by atoms with Crippen LogP contribution in [0.15, 0.2) is 35.5 Å². The zero-order chi connectivity index (χ0) is 14.8. The van der Waals surface area contributed by atoms with E-state index in [-0.39, 0.29) is 5.84 Å². The molecule has 108 valence electrons. The number of nitrogens with zero attached hydrogens (tertiary/aromatic N) is 2. The Bertz CT molecular complexity index is 693. The van der Waals surface area contributed by atoms with Crippen LogP contribution in [0.25, 0.3) is 0 Å². The maximum Gasteiger partial charge on any atom is 0.230 e. The van der Waals surface area contributed by atoms with Gasteiger partial charge in [-0.15, -0.1) is 0 Å². The first-order valence-electron chi connectivity index (χ1n) is 6.92. The van der Waals surface area contributed by atoms with Crippen LogP contribution in [0.5, 0.6) is 11.6 Å². The first kappa shape index (κ1) is 13.4. The smallest absolute Gasteiger partial charge is 0.230 e. The van der Waals surface area contributed by atoms with Crippen LogP contribution in [-0.4, -0.2) is 16.0 Å². The third-order valence-electron chi connectivity index (χ3n) is 3.64. The van der Waals surface area contributed by atoms with Crippen LogP contribution in [0.4, 0.5) is 0 Å². The third-order valence-corrected chi connectivity index (χ3v) is 3.64. The Hall–Kier alpha value is -2.56. The van der Waals surface area contributed by atoms with Crippen molar-refractivity contribution in [2.24, 2.45) is 10.9 Å². The molecule has 5 heteroatoms. The number of oxime groups is 1. The third kappa shape index (κ3) is 2.67. The highest BCUT2D eigenvalue weighted by Crippen LogP contribution is 2.29. The molecule has 3 rings (SSSR count). The molecule has 1 aliphatic carbocycles. The number of rotatable bonds is 3. The number of aromatic nitrogens is 1. The van der Waals surface area contributed by atoms with Gasteiger partial charge in [0.05, 0.1) is 5.56 Å². The molecule has 2 aromatic rings. The SMILES string of the molecule is Cc1ccc(Oc2nc3c(cc2C(N)=NO)CCC3)cc1. The molecular formula is C16H17N3O2. The minimum absolute atomic E-state index is 0.0133. The summed E-state index contributed by atoms with van der Waals surface area (Å²) in [6.07, 6.45) is 2.99. The molecule has 0 amide bonds. The van der Waals surface area contributed by atoms with Crippen LogP contribution >= 0.6 is 0 Å². The van der Waals surface area contributed by atoms with Crippen molar-refractivity contribution in [3.8, 4) is 11.6 Å². The highest BCUT2D eigenvalue weighted by Gasteiger charge is 2.19. The summed E-state index contributed by atoms with van der Waals surface area (Å²) in [5.41, 5.74) is 9.61. The summed E-state index contributed by atoms with van der Waals surface area (Å²) >= 11 is 0. The number of benzene rings is 1. The second-order valence-corrected chi connectivity index (χ2v) is 5.20. The van der Waals surface area contributed by atoms with E-state index in [0.717, 1.165) is 36.1 Å². The molecule has 0 spiro atoms. The fraction of sp³-hybridized carbons (Fsp3) is 0.250. The lowest BCUT2D eigenvalue weighted by molar-refractivity contribution is 0.318. The van der Waals surface area contributed by atoms with Crippen molar-refractivity contribution in [3.05, 3.63) is 52.7 Å². The Balaban J connectivity index is 2.01. The van der Waals surface area contributed by atoms with Crippen molar-refractivity contribution < 1.29 is 9.94 Å². The van der Waals surface area contributed by atoms with Crippen LogP contribution in [0, 0.1) is 6.92 Å². The Morgan fingerprint density at radius 2 is 2.05 bits per heavy atom. The maximum atomic E-state index is 8.94. The van der Waals surface area contributed by atoms with E-state index in [1.165, 1.54) is 0 Å². The Labute approximate surface area is 123 Å². The van der Waals surface area contributed by atoms with E-state index < -0.39 is 0 Å². The summed E-state index contributed by atoms with van der Waals surface area (Å²) in [5, 5.41) is 12.0. The number of amidine groups is 1. The average Bonchev–Trinajstić information content (AvgIpc) is 2.95. The molecule has 0 saturated heterocycles. The van der Waals surface area contributed by atoms with Crippen LogP contribution in [-0.2, 0) is 12.8 Å². The zero-order valence-electron chi connectivity index (χ0n) is 11.8. The van der Waals surface area contributed by atoms with Gasteiger partial charge in [-0.05, 0) is 49.9 Å². The highest BCUT2D eigenvalue weighted by molar-refractivity contribution is 5.99. The number of hydrogen-bond acceptors (Lipinski definition) is 4. The lowest BCUT2D eigenvalue weighted by Crippen LogP contribution is -2.16. The summed E-state index contributed by atoms with van der Waals surface area (Å²) in [5.74, 6) is 1.08. The summed E-state index contributed by atoms with van der Waals surface area (Å²) in [4.78, 5) is 4.55. The van der Waals surface area contributed by atoms with E-state index in [0.29, 0.717) is 17.2 Å². The second kappa shape index (κ2) is 5.44. The van der Waals surface area contributed by atoms with Gasteiger partial charge in [-0.1, -0.05) is 22.9 Å². The summed E-state index contributed by atoms with van der Waals surface area (Å²) in [6.45, 7) is 2.01. The topological polar surface area (TPSA) is 80.7 Å². The monoisotopic (exact) mass is 283 g/mol. The van der Waals surface area contributed by atoms with Crippen molar-refractivity contribution >= 4 is 5.84 Å². The van der Waals surface area contributed by atoms with Gasteiger partial charge in [0.25, 0.3) is 0 Å². The van der Waals surface area contributed by atoms with Crippen LogP contribution < -0.4 is 10.5 Å². The lowest BCUT2D eigenvalue weighted by Gasteiger charge is -2.11. The Morgan fingerprint density at radius 1 is 1.29 bits per heavy atom. The number of fused-ring (bicyclic) bond motifs is 1. The largest absolute Gasteiger partial charge is 0.438 e. The van der Waals surface area contributed by atoms with E-state index in [2.05, 4.69) is 10.1 Å². The van der Waals surface area contributed by atoms with Gasteiger partial charge in [0.15, 0.2) is 5.84 Å². The molecule has 1 aromatic heterocycles. The highest BCUT2D eigenvalue weighted by atomic mass is 16.5. The summed E-state index contributed by atoms with van der Waals surface area (Å²) in [7, 11) is 0. The molecule has 1 heterocycles. The van der Waals surface area contributed by atoms with Crippen LogP contribution in [0.2, 0.25) is 0 Å². The molecule has 1 aliphatic rings. The van der Waals surface area contributed by atoms with Gasteiger partial charge < -0.3 is 15.7 Å². The predicted octanol–water partition coefficient (Wildman–Crippen LogP) is 2.77. The van der Waals surface area contributed by atoms with Crippen molar-refractivity contribution in [2.45, 2.75) is 26.2 Å². The van der Waals surface area contributed by atoms with Crippen molar-refractivity contribution in [3.63, 3.8) is 0 Å². The predicted molar refractivity (Wildman–Crippen MR) is 80.0 cm³/mol. The van der Waals surface area contributed by atoms with Crippen LogP contribution in [0.3, 0.4) is 0 Å². The molecule has 0 saturated carbocycles. The van der Waals surface area contributed by atoms with E-state index in [9.17, 15) is 0 Å². The number of pyridine rings is 1. The Kier molecular flexibility index (Phi) is 3.48. The number of hydrogen-bond donors (Lipinski definition) is 2. The number of ether oxygens (including phenoxy) is 1. The van der Waals surface area contributed by atoms with Gasteiger partial charge in [0.1, 0.15) is 5.75 Å². The molecule has 0 fully saturated rings. The standard InChI is InChI=1S/C16H17N3O2/c1-10-5-7-12(8-6-10)21-16-13(15(17)19-20)9-11-3-2-4-14(11)18-16/h5-9,20H,2-4H2,1H3,(H2,17,19). The zero-order valence-corrected chi connectivity index (χ0v) is 11.8. The normalized spacial score (nSPS) is 14.0. The second-order valence-electron chi connectivity index (χ2n) is 5.20. The van der Waals surface area contributed by atoms with Gasteiger partial charge in [0, 0.05) is 5.69 Å². The quantitative estimate of drug-likeness (QED) is 0.393. The van der Waals surface area contributed by atoms with E-state index >= 15 is 0 Å². The van der Waals surface area contributed by atoms with E-state index in [4.69, 9.17) is 15.7 Å². The molecule has 3 N–H and O–H groups in total. The number of aryl methyl sites for hydroxylation is 3. The molecule has 1 aromatic carbocycles. The van der Waals surface area contributed by atoms with Gasteiger partial charge in [-0.2, -0.15) is 0 Å². The van der Waals surface area contributed by atoms with Gasteiger partial charge in [-0.25, -0.2) is 4.98 Å². The van der Waals surface area contributed by atoms with Gasteiger partial charge in [-0.3, -0.25) is 0 Å². The van der Waals surface area contributed by atoms with Crippen molar-refractivity contribution in [1.29, 1.82) is 0 Å². The minimum Gasteiger partial charge on any atom is -0.438 e. The maximum absolute atomic E-state index is 8.94. The summed E-state index contributed by atoms with van der Waals surface area (Å²) in [6, 6.07) is 9.59. The van der Waals surface area contributed by atoms with Crippen LogP contribution in [0.1, 0.15) is 28.8 Å². The first-order valence-corrected chi connectivity index (χ1v) is 6.92. The molecule has 0 radical (unpaired) electrons. The molecule has 0 unspecified atom stereocenters. The number of nitrogens with two attached hydrogens (primary N) is 1. The van der Waals surface area contributed by atoms with Crippen molar-refractivity contribution in [1.82, 2.24) is 4.98 Å².